The summed E-state index contributed by atoms with van der Waals surface area (Å²) in [4.78, 5) is 1.07. The van der Waals surface area contributed by atoms with Gasteiger partial charge in [0.25, 0.3) is 0 Å². The summed E-state index contributed by atoms with van der Waals surface area (Å²) >= 11 is 1.60. The average molecular weight is 295 g/mol. The van der Waals surface area contributed by atoms with Gasteiger partial charge in [0.05, 0.1) is 20.3 Å². The zero-order chi connectivity index (χ0) is 14.5. The quantitative estimate of drug-likeness (QED) is 0.883. The summed E-state index contributed by atoms with van der Waals surface area (Å²) in [6.45, 7) is 2.75. The van der Waals surface area contributed by atoms with E-state index in [4.69, 9.17) is 9.47 Å². The Morgan fingerprint density at radius 3 is 2.50 bits per heavy atom. The Morgan fingerprint density at radius 1 is 1.25 bits per heavy atom. The van der Waals surface area contributed by atoms with Crippen molar-refractivity contribution in [2.24, 2.45) is 0 Å². The van der Waals surface area contributed by atoms with E-state index in [1.807, 2.05) is 24.4 Å². The van der Waals surface area contributed by atoms with E-state index in [1.165, 1.54) is 13.2 Å². The summed E-state index contributed by atoms with van der Waals surface area (Å²) in [5.41, 5.74) is 0.562. The van der Waals surface area contributed by atoms with Crippen LogP contribution < -0.4 is 14.8 Å². The van der Waals surface area contributed by atoms with E-state index in [2.05, 4.69) is 5.32 Å². The minimum absolute atomic E-state index is 0.181. The molecule has 0 aliphatic heterocycles. The lowest BCUT2D eigenvalue weighted by Crippen LogP contribution is -2.22. The first kappa shape index (κ1) is 14.8. The van der Waals surface area contributed by atoms with Gasteiger partial charge in [-0.1, -0.05) is 13.0 Å². The van der Waals surface area contributed by atoms with E-state index in [-0.39, 0.29) is 11.9 Å². The fourth-order valence-corrected chi connectivity index (χ4v) is 2.93. The van der Waals surface area contributed by atoms with Crippen molar-refractivity contribution in [3.63, 3.8) is 0 Å². The number of hydrogen-bond acceptors (Lipinski definition) is 4. The highest BCUT2D eigenvalue weighted by molar-refractivity contribution is 7.10. The first-order valence-electron chi connectivity index (χ1n) is 6.39. The molecule has 2 rings (SSSR count). The van der Waals surface area contributed by atoms with Gasteiger partial charge in [-0.3, -0.25) is 0 Å². The SMILES string of the molecule is CCNC(c1cccs1)c1cc(OC)c(OC)cc1F. The van der Waals surface area contributed by atoms with Crippen LogP contribution in [-0.4, -0.2) is 20.8 Å². The molecule has 0 saturated carbocycles. The predicted octanol–water partition coefficient (Wildman–Crippen LogP) is 3.60. The molecule has 0 saturated heterocycles. The van der Waals surface area contributed by atoms with Gasteiger partial charge in [-0.15, -0.1) is 11.3 Å². The second-order valence-corrected chi connectivity index (χ2v) is 5.21. The Labute approximate surface area is 122 Å². The lowest BCUT2D eigenvalue weighted by atomic mass is 10.0. The predicted molar refractivity (Wildman–Crippen MR) is 79.3 cm³/mol. The molecule has 1 aromatic carbocycles. The van der Waals surface area contributed by atoms with E-state index in [9.17, 15) is 4.39 Å². The fraction of sp³-hybridized carbons (Fsp3) is 0.333. The van der Waals surface area contributed by atoms with Crippen molar-refractivity contribution in [1.29, 1.82) is 0 Å². The van der Waals surface area contributed by atoms with Crippen molar-refractivity contribution in [3.8, 4) is 11.5 Å². The zero-order valence-electron chi connectivity index (χ0n) is 11.8. The van der Waals surface area contributed by atoms with Gasteiger partial charge < -0.3 is 14.8 Å². The number of ether oxygens (including phenoxy) is 2. The Bertz CT molecular complexity index is 557. The molecule has 2 aromatic rings. The van der Waals surface area contributed by atoms with Crippen LogP contribution in [0.1, 0.15) is 23.4 Å². The van der Waals surface area contributed by atoms with E-state index < -0.39 is 0 Å². The average Bonchev–Trinajstić information content (AvgIpc) is 2.98. The smallest absolute Gasteiger partial charge is 0.163 e. The van der Waals surface area contributed by atoms with Crippen molar-refractivity contribution < 1.29 is 13.9 Å². The second kappa shape index (κ2) is 6.72. The third-order valence-electron chi connectivity index (χ3n) is 3.05. The molecule has 1 aromatic heterocycles. The normalized spacial score (nSPS) is 12.2. The molecule has 0 fully saturated rings. The first-order chi connectivity index (χ1) is 9.71. The van der Waals surface area contributed by atoms with Crippen molar-refractivity contribution >= 4 is 11.3 Å². The molecule has 0 aliphatic rings. The summed E-state index contributed by atoms with van der Waals surface area (Å²) in [5, 5.41) is 5.29. The Kier molecular flexibility index (Phi) is 4.98. The van der Waals surface area contributed by atoms with Gasteiger partial charge in [-0.25, -0.2) is 4.39 Å². The molecular formula is C15H18FNO2S. The van der Waals surface area contributed by atoms with Gasteiger partial charge in [0.1, 0.15) is 5.82 Å². The highest BCUT2D eigenvalue weighted by atomic mass is 32.1. The number of halogens is 1. The van der Waals surface area contributed by atoms with E-state index in [0.717, 1.165) is 11.4 Å². The Balaban J connectivity index is 2.48. The lowest BCUT2D eigenvalue weighted by molar-refractivity contribution is 0.351. The lowest BCUT2D eigenvalue weighted by Gasteiger charge is -2.19. The minimum Gasteiger partial charge on any atom is -0.493 e. The number of nitrogens with one attached hydrogen (secondary N) is 1. The van der Waals surface area contributed by atoms with Gasteiger partial charge in [-0.05, 0) is 24.1 Å². The third kappa shape index (κ3) is 2.94. The standard InChI is InChI=1S/C15H18FNO2S/c1-4-17-15(14-6-5-7-20-14)10-8-12(18-2)13(19-3)9-11(10)16/h5-9,15,17H,4H2,1-3H3. The van der Waals surface area contributed by atoms with E-state index in [1.54, 1.807) is 24.5 Å². The molecular weight excluding hydrogens is 277 g/mol. The summed E-state index contributed by atoms with van der Waals surface area (Å²) in [7, 11) is 3.05. The molecule has 3 nitrogen and oxygen atoms in total. The molecule has 0 aliphatic carbocycles. The Hall–Kier alpha value is -1.59. The monoisotopic (exact) mass is 295 g/mol. The highest BCUT2D eigenvalue weighted by Gasteiger charge is 2.21. The summed E-state index contributed by atoms with van der Waals surface area (Å²) in [6, 6.07) is 6.84. The van der Waals surface area contributed by atoms with Crippen LogP contribution in [0, 0.1) is 5.82 Å². The highest BCUT2D eigenvalue weighted by Crippen LogP contribution is 2.35. The van der Waals surface area contributed by atoms with Crippen molar-refractivity contribution in [2.45, 2.75) is 13.0 Å². The molecule has 0 amide bonds. The second-order valence-electron chi connectivity index (χ2n) is 4.23. The molecule has 1 atom stereocenters. The topological polar surface area (TPSA) is 30.5 Å². The van der Waals surface area contributed by atoms with Crippen LogP contribution >= 0.6 is 11.3 Å². The van der Waals surface area contributed by atoms with Crippen LogP contribution in [0.5, 0.6) is 11.5 Å². The molecule has 0 radical (unpaired) electrons. The number of rotatable bonds is 6. The summed E-state index contributed by atoms with van der Waals surface area (Å²) < 4.78 is 24.7. The minimum atomic E-state index is -0.304. The van der Waals surface area contributed by atoms with Gasteiger partial charge in [0.2, 0.25) is 0 Å². The fourth-order valence-electron chi connectivity index (χ4n) is 2.11. The maximum atomic E-state index is 14.3. The van der Waals surface area contributed by atoms with Gasteiger partial charge in [0.15, 0.2) is 11.5 Å². The van der Waals surface area contributed by atoms with Crippen LogP contribution in [0.3, 0.4) is 0 Å². The number of benzene rings is 1. The van der Waals surface area contributed by atoms with Gasteiger partial charge in [-0.2, -0.15) is 0 Å². The first-order valence-corrected chi connectivity index (χ1v) is 7.27. The molecule has 0 spiro atoms. The van der Waals surface area contributed by atoms with E-state index >= 15 is 0 Å². The van der Waals surface area contributed by atoms with Crippen LogP contribution in [0.2, 0.25) is 0 Å². The van der Waals surface area contributed by atoms with Gasteiger partial charge >= 0.3 is 0 Å². The zero-order valence-corrected chi connectivity index (χ0v) is 12.6. The molecule has 20 heavy (non-hydrogen) atoms. The van der Waals surface area contributed by atoms with Crippen LogP contribution in [-0.2, 0) is 0 Å². The van der Waals surface area contributed by atoms with Crippen molar-refractivity contribution in [1.82, 2.24) is 5.32 Å². The molecule has 5 heteroatoms. The molecule has 1 unspecified atom stereocenters. The molecule has 1 heterocycles. The molecule has 1 N–H and O–H groups in total. The largest absolute Gasteiger partial charge is 0.493 e. The maximum Gasteiger partial charge on any atom is 0.163 e. The van der Waals surface area contributed by atoms with Crippen LogP contribution in [0.15, 0.2) is 29.6 Å². The number of thiophene rings is 1. The Morgan fingerprint density at radius 2 is 1.95 bits per heavy atom. The van der Waals surface area contributed by atoms with Crippen LogP contribution in [0.25, 0.3) is 0 Å². The van der Waals surface area contributed by atoms with Crippen molar-refractivity contribution in [2.75, 3.05) is 20.8 Å². The molecule has 0 bridgehead atoms. The van der Waals surface area contributed by atoms with Gasteiger partial charge in [0, 0.05) is 16.5 Å². The van der Waals surface area contributed by atoms with Crippen LogP contribution in [0.4, 0.5) is 4.39 Å². The molecule has 108 valence electrons. The third-order valence-corrected chi connectivity index (χ3v) is 3.99. The summed E-state index contributed by atoms with van der Waals surface area (Å²) in [6.07, 6.45) is 0. The maximum absolute atomic E-state index is 14.3. The van der Waals surface area contributed by atoms with E-state index in [0.29, 0.717) is 17.1 Å². The number of methoxy groups -OCH3 is 2. The van der Waals surface area contributed by atoms with Crippen molar-refractivity contribution in [3.05, 3.63) is 45.9 Å². The number of hydrogen-bond donors (Lipinski definition) is 1. The summed E-state index contributed by atoms with van der Waals surface area (Å²) in [5.74, 6) is 0.625.